The van der Waals surface area contributed by atoms with Gasteiger partial charge in [0.05, 0.1) is 6.42 Å². The quantitative estimate of drug-likeness (QED) is 0.907. The van der Waals surface area contributed by atoms with E-state index < -0.39 is 11.8 Å². The van der Waals surface area contributed by atoms with E-state index >= 15 is 0 Å². The summed E-state index contributed by atoms with van der Waals surface area (Å²) in [5.74, 6) is -1.23. The molecular formula is C13H15FN2O3. The number of anilines is 1. The lowest BCUT2D eigenvalue weighted by Gasteiger charge is -2.40. The third-order valence-corrected chi connectivity index (χ3v) is 3.17. The summed E-state index contributed by atoms with van der Waals surface area (Å²) in [6.07, 6.45) is 0.0768. The van der Waals surface area contributed by atoms with E-state index in [-0.39, 0.29) is 18.4 Å². The summed E-state index contributed by atoms with van der Waals surface area (Å²) in [4.78, 5) is 25.5. The summed E-state index contributed by atoms with van der Waals surface area (Å²) < 4.78 is 13.1. The highest BCUT2D eigenvalue weighted by molar-refractivity contribution is 5.92. The largest absolute Gasteiger partial charge is 0.481 e. The van der Waals surface area contributed by atoms with Crippen molar-refractivity contribution in [2.24, 2.45) is 5.92 Å². The smallest absolute Gasteiger partial charge is 0.324 e. The second-order valence-corrected chi connectivity index (χ2v) is 4.69. The van der Waals surface area contributed by atoms with Gasteiger partial charge < -0.3 is 10.0 Å². The highest BCUT2D eigenvalue weighted by Gasteiger charge is 2.33. The maximum atomic E-state index is 13.1. The highest BCUT2D eigenvalue weighted by Crippen LogP contribution is 2.23. The van der Waals surface area contributed by atoms with Crippen LogP contribution in [0.4, 0.5) is 14.9 Å². The van der Waals surface area contributed by atoms with E-state index in [1.54, 1.807) is 18.0 Å². The van der Waals surface area contributed by atoms with Crippen molar-refractivity contribution in [2.45, 2.75) is 6.42 Å². The fourth-order valence-electron chi connectivity index (χ4n) is 2.11. The van der Waals surface area contributed by atoms with Crippen molar-refractivity contribution < 1.29 is 19.1 Å². The molecule has 1 fully saturated rings. The molecule has 2 amide bonds. The number of carbonyl (C=O) groups excluding carboxylic acids is 1. The van der Waals surface area contributed by atoms with Crippen LogP contribution >= 0.6 is 0 Å². The van der Waals surface area contributed by atoms with E-state index in [4.69, 9.17) is 5.11 Å². The van der Waals surface area contributed by atoms with Crippen molar-refractivity contribution in [1.29, 1.82) is 0 Å². The van der Waals surface area contributed by atoms with Gasteiger partial charge in [-0.3, -0.25) is 9.69 Å². The summed E-state index contributed by atoms with van der Waals surface area (Å²) >= 11 is 0. The van der Waals surface area contributed by atoms with Gasteiger partial charge >= 0.3 is 12.0 Å². The average molecular weight is 266 g/mol. The number of urea groups is 1. The number of likely N-dealkylation sites (tertiary alicyclic amines) is 1. The summed E-state index contributed by atoms with van der Waals surface area (Å²) in [5, 5.41) is 8.64. The lowest BCUT2D eigenvalue weighted by molar-refractivity contribution is -0.139. The van der Waals surface area contributed by atoms with Crippen molar-refractivity contribution in [2.75, 3.05) is 25.0 Å². The Morgan fingerprint density at radius 2 is 2.16 bits per heavy atom. The lowest BCUT2D eigenvalue weighted by Crippen LogP contribution is -2.54. The van der Waals surface area contributed by atoms with Crippen LogP contribution in [0.2, 0.25) is 0 Å². The number of nitrogens with zero attached hydrogens (tertiary/aromatic N) is 2. The van der Waals surface area contributed by atoms with Gasteiger partial charge in [-0.05, 0) is 18.2 Å². The van der Waals surface area contributed by atoms with Crippen molar-refractivity contribution in [3.8, 4) is 0 Å². The number of rotatable bonds is 3. The number of hydrogen-bond acceptors (Lipinski definition) is 2. The van der Waals surface area contributed by atoms with Gasteiger partial charge in [0.15, 0.2) is 0 Å². The van der Waals surface area contributed by atoms with Crippen LogP contribution in [-0.2, 0) is 4.79 Å². The zero-order chi connectivity index (χ0) is 14.0. The molecule has 0 atom stereocenters. The van der Waals surface area contributed by atoms with Gasteiger partial charge in [-0.25, -0.2) is 9.18 Å². The molecule has 1 aromatic rings. The minimum atomic E-state index is -0.851. The fourth-order valence-corrected chi connectivity index (χ4v) is 2.11. The van der Waals surface area contributed by atoms with Gasteiger partial charge in [0, 0.05) is 31.7 Å². The standard InChI is InChI=1S/C13H15FN2O3/c1-15(11-4-2-3-10(14)6-11)13(19)16-7-9(8-16)5-12(17)18/h2-4,6,9H,5,7-8H2,1H3,(H,17,18). The SMILES string of the molecule is CN(C(=O)N1CC(CC(=O)O)C1)c1cccc(F)c1. The van der Waals surface area contributed by atoms with Crippen molar-refractivity contribution in [3.63, 3.8) is 0 Å². The van der Waals surface area contributed by atoms with Crippen LogP contribution in [0.5, 0.6) is 0 Å². The Morgan fingerprint density at radius 3 is 2.74 bits per heavy atom. The van der Waals surface area contributed by atoms with Crippen LogP contribution in [0.15, 0.2) is 24.3 Å². The molecule has 5 nitrogen and oxygen atoms in total. The molecule has 0 spiro atoms. The van der Waals surface area contributed by atoms with Crippen LogP contribution < -0.4 is 4.90 Å². The Kier molecular flexibility index (Phi) is 3.69. The molecule has 1 saturated heterocycles. The predicted octanol–water partition coefficient (Wildman–Crippen LogP) is 1.79. The van der Waals surface area contributed by atoms with E-state index in [0.717, 1.165) is 0 Å². The number of carbonyl (C=O) groups is 2. The topological polar surface area (TPSA) is 60.9 Å². The highest BCUT2D eigenvalue weighted by atomic mass is 19.1. The third kappa shape index (κ3) is 3.01. The number of halogens is 1. The van der Waals surface area contributed by atoms with Crippen LogP contribution in [0.1, 0.15) is 6.42 Å². The zero-order valence-corrected chi connectivity index (χ0v) is 10.5. The second kappa shape index (κ2) is 5.26. The Hall–Kier alpha value is -2.11. The molecule has 0 unspecified atom stereocenters. The monoisotopic (exact) mass is 266 g/mol. The maximum Gasteiger partial charge on any atom is 0.324 e. The molecule has 102 valence electrons. The van der Waals surface area contributed by atoms with Crippen molar-refractivity contribution >= 4 is 17.7 Å². The molecule has 0 saturated carbocycles. The van der Waals surface area contributed by atoms with E-state index in [0.29, 0.717) is 18.8 Å². The number of aliphatic carboxylic acids is 1. The molecule has 2 rings (SSSR count). The third-order valence-electron chi connectivity index (χ3n) is 3.17. The molecular weight excluding hydrogens is 251 g/mol. The number of benzene rings is 1. The molecule has 1 heterocycles. The summed E-state index contributed by atoms with van der Waals surface area (Å²) in [5.41, 5.74) is 0.478. The molecule has 19 heavy (non-hydrogen) atoms. The van der Waals surface area contributed by atoms with E-state index in [1.807, 2.05) is 0 Å². The summed E-state index contributed by atoms with van der Waals surface area (Å²) in [7, 11) is 1.57. The van der Waals surface area contributed by atoms with Crippen LogP contribution in [-0.4, -0.2) is 42.1 Å². The number of carboxylic acid groups (broad SMARTS) is 1. The Balaban J connectivity index is 1.93. The Labute approximate surface area is 110 Å². The molecule has 1 aliphatic heterocycles. The number of amides is 2. The molecule has 0 radical (unpaired) electrons. The second-order valence-electron chi connectivity index (χ2n) is 4.69. The van der Waals surface area contributed by atoms with Gasteiger partial charge in [-0.15, -0.1) is 0 Å². The van der Waals surface area contributed by atoms with Gasteiger partial charge in [0.1, 0.15) is 5.82 Å². The zero-order valence-electron chi connectivity index (χ0n) is 10.5. The lowest BCUT2D eigenvalue weighted by atomic mass is 9.97. The van der Waals surface area contributed by atoms with Crippen molar-refractivity contribution in [3.05, 3.63) is 30.1 Å². The Bertz CT molecular complexity index is 500. The molecule has 0 aliphatic carbocycles. The first-order chi connectivity index (χ1) is 8.97. The van der Waals surface area contributed by atoms with E-state index in [1.165, 1.54) is 23.1 Å². The molecule has 1 aromatic carbocycles. The molecule has 6 heteroatoms. The normalized spacial score (nSPS) is 14.9. The van der Waals surface area contributed by atoms with Crippen LogP contribution in [0.3, 0.4) is 0 Å². The van der Waals surface area contributed by atoms with E-state index in [9.17, 15) is 14.0 Å². The Morgan fingerprint density at radius 1 is 1.47 bits per heavy atom. The first-order valence-electron chi connectivity index (χ1n) is 5.97. The van der Waals surface area contributed by atoms with Gasteiger partial charge in [0.25, 0.3) is 0 Å². The van der Waals surface area contributed by atoms with Crippen molar-refractivity contribution in [1.82, 2.24) is 4.90 Å². The van der Waals surface area contributed by atoms with Gasteiger partial charge in [0.2, 0.25) is 0 Å². The van der Waals surface area contributed by atoms with Crippen LogP contribution in [0.25, 0.3) is 0 Å². The van der Waals surface area contributed by atoms with Gasteiger partial charge in [-0.2, -0.15) is 0 Å². The average Bonchev–Trinajstić information content (AvgIpc) is 2.31. The number of carboxylic acids is 1. The van der Waals surface area contributed by atoms with Gasteiger partial charge in [-0.1, -0.05) is 6.07 Å². The fraction of sp³-hybridized carbons (Fsp3) is 0.385. The minimum absolute atomic E-state index is 0.0161. The first-order valence-corrected chi connectivity index (χ1v) is 5.97. The predicted molar refractivity (Wildman–Crippen MR) is 67.5 cm³/mol. The molecule has 1 aliphatic rings. The summed E-state index contributed by atoms with van der Waals surface area (Å²) in [6, 6.07) is 5.54. The molecule has 0 bridgehead atoms. The summed E-state index contributed by atoms with van der Waals surface area (Å²) in [6.45, 7) is 0.871. The molecule has 0 aromatic heterocycles. The maximum absolute atomic E-state index is 13.1. The number of hydrogen-bond donors (Lipinski definition) is 1. The van der Waals surface area contributed by atoms with Crippen LogP contribution in [0, 0.1) is 11.7 Å². The van der Waals surface area contributed by atoms with E-state index in [2.05, 4.69) is 0 Å². The first kappa shape index (κ1) is 13.3. The minimum Gasteiger partial charge on any atom is -0.481 e. The molecule has 1 N–H and O–H groups in total.